The summed E-state index contributed by atoms with van der Waals surface area (Å²) in [5.41, 5.74) is 2.90. The van der Waals surface area contributed by atoms with Crippen molar-refractivity contribution in [2.75, 3.05) is 12.4 Å². The van der Waals surface area contributed by atoms with Crippen molar-refractivity contribution in [3.05, 3.63) is 33.5 Å². The van der Waals surface area contributed by atoms with E-state index < -0.39 is 0 Å². The van der Waals surface area contributed by atoms with Crippen LogP contribution in [-0.2, 0) is 6.54 Å². The maximum absolute atomic E-state index is 12.3. The smallest absolute Gasteiger partial charge is 0.322 e. The number of aromatic nitrogens is 3. The largest absolute Gasteiger partial charge is 0.323 e. The average molecular weight is 335 g/mol. The van der Waals surface area contributed by atoms with Gasteiger partial charge in [0.25, 0.3) is 0 Å². The van der Waals surface area contributed by atoms with Crippen LogP contribution in [0.1, 0.15) is 22.0 Å². The van der Waals surface area contributed by atoms with Gasteiger partial charge in [0.1, 0.15) is 0 Å². The molecular formula is C14H17N5OS2. The molecule has 0 aliphatic rings. The molecule has 0 spiro atoms. The van der Waals surface area contributed by atoms with Crippen molar-refractivity contribution in [2.24, 2.45) is 0 Å². The molecule has 116 valence electrons. The standard InChI is InChI=1S/C14H17N5OS2/c1-8-7-21-12(15-8)17-13(20)18(4)6-11-10(3)16-14-19(11)5-9(2)22-14/h5,7H,6H2,1-4H3,(H,15,17,20). The molecule has 6 nitrogen and oxygen atoms in total. The van der Waals surface area contributed by atoms with Crippen LogP contribution in [0.15, 0.2) is 11.6 Å². The van der Waals surface area contributed by atoms with Crippen LogP contribution in [0.4, 0.5) is 9.93 Å². The minimum Gasteiger partial charge on any atom is -0.322 e. The topological polar surface area (TPSA) is 62.5 Å². The minimum atomic E-state index is -0.171. The van der Waals surface area contributed by atoms with E-state index in [0.717, 1.165) is 22.0 Å². The van der Waals surface area contributed by atoms with Crippen molar-refractivity contribution in [1.29, 1.82) is 0 Å². The third-order valence-corrected chi connectivity index (χ3v) is 5.08. The molecule has 0 aromatic carbocycles. The zero-order valence-electron chi connectivity index (χ0n) is 12.9. The number of aryl methyl sites for hydroxylation is 3. The molecule has 3 rings (SSSR count). The highest BCUT2D eigenvalue weighted by molar-refractivity contribution is 7.17. The number of rotatable bonds is 3. The van der Waals surface area contributed by atoms with Crippen LogP contribution in [0.5, 0.6) is 0 Å². The molecule has 3 aromatic rings. The molecular weight excluding hydrogens is 318 g/mol. The number of amides is 2. The summed E-state index contributed by atoms with van der Waals surface area (Å²) in [4.78, 5) is 24.9. The van der Waals surface area contributed by atoms with Gasteiger partial charge in [0.05, 0.1) is 23.6 Å². The summed E-state index contributed by atoms with van der Waals surface area (Å²) >= 11 is 3.08. The summed E-state index contributed by atoms with van der Waals surface area (Å²) in [7, 11) is 1.77. The van der Waals surface area contributed by atoms with E-state index >= 15 is 0 Å². The molecule has 2 amide bonds. The van der Waals surface area contributed by atoms with Gasteiger partial charge in [-0.25, -0.2) is 14.8 Å². The van der Waals surface area contributed by atoms with Gasteiger partial charge in [0.15, 0.2) is 10.1 Å². The number of fused-ring (bicyclic) bond motifs is 1. The van der Waals surface area contributed by atoms with Gasteiger partial charge in [-0.1, -0.05) is 0 Å². The first-order chi connectivity index (χ1) is 10.4. The van der Waals surface area contributed by atoms with Gasteiger partial charge in [0, 0.05) is 23.5 Å². The molecule has 3 heterocycles. The van der Waals surface area contributed by atoms with Crippen molar-refractivity contribution >= 4 is 38.8 Å². The Balaban J connectivity index is 1.76. The second kappa shape index (κ2) is 5.69. The van der Waals surface area contributed by atoms with E-state index in [1.54, 1.807) is 23.3 Å². The van der Waals surface area contributed by atoms with Crippen molar-refractivity contribution in [1.82, 2.24) is 19.3 Å². The number of nitrogens with one attached hydrogen (secondary N) is 1. The Morgan fingerprint density at radius 2 is 2.14 bits per heavy atom. The number of anilines is 1. The number of nitrogens with zero attached hydrogens (tertiary/aromatic N) is 4. The first-order valence-corrected chi connectivity index (χ1v) is 8.52. The lowest BCUT2D eigenvalue weighted by Gasteiger charge is -2.17. The highest BCUT2D eigenvalue weighted by atomic mass is 32.1. The number of thiazole rings is 2. The summed E-state index contributed by atoms with van der Waals surface area (Å²) in [6, 6.07) is -0.171. The van der Waals surface area contributed by atoms with Crippen LogP contribution in [0.3, 0.4) is 0 Å². The SMILES string of the molecule is Cc1csc(NC(=O)N(C)Cc2c(C)nc3sc(C)cn23)n1. The molecule has 0 unspecified atom stereocenters. The predicted octanol–water partition coefficient (Wildman–Crippen LogP) is 3.44. The van der Waals surface area contributed by atoms with E-state index in [1.807, 2.05) is 19.2 Å². The third kappa shape index (κ3) is 2.84. The molecule has 3 aromatic heterocycles. The Morgan fingerprint density at radius 3 is 2.82 bits per heavy atom. The quantitative estimate of drug-likeness (QED) is 0.797. The molecule has 0 bridgehead atoms. The van der Waals surface area contributed by atoms with Crippen LogP contribution in [-0.4, -0.2) is 32.3 Å². The molecule has 0 aliphatic carbocycles. The second-order valence-electron chi connectivity index (χ2n) is 5.22. The maximum atomic E-state index is 12.3. The number of carbonyl (C=O) groups is 1. The fourth-order valence-electron chi connectivity index (χ4n) is 2.19. The van der Waals surface area contributed by atoms with Crippen molar-refractivity contribution in [3.63, 3.8) is 0 Å². The number of imidazole rings is 1. The van der Waals surface area contributed by atoms with E-state index in [2.05, 4.69) is 32.8 Å². The second-order valence-corrected chi connectivity index (χ2v) is 7.29. The summed E-state index contributed by atoms with van der Waals surface area (Å²) in [5, 5.41) is 5.35. The van der Waals surface area contributed by atoms with Crippen LogP contribution >= 0.6 is 22.7 Å². The Kier molecular flexibility index (Phi) is 3.88. The van der Waals surface area contributed by atoms with Crippen molar-refractivity contribution in [3.8, 4) is 0 Å². The van der Waals surface area contributed by atoms with Gasteiger partial charge in [-0.2, -0.15) is 0 Å². The van der Waals surface area contributed by atoms with Gasteiger partial charge in [-0.05, 0) is 20.8 Å². The highest BCUT2D eigenvalue weighted by Crippen LogP contribution is 2.22. The van der Waals surface area contributed by atoms with Gasteiger partial charge in [-0.3, -0.25) is 9.72 Å². The van der Waals surface area contributed by atoms with Crippen LogP contribution in [0.25, 0.3) is 4.96 Å². The van der Waals surface area contributed by atoms with Crippen molar-refractivity contribution in [2.45, 2.75) is 27.3 Å². The third-order valence-electron chi connectivity index (χ3n) is 3.31. The summed E-state index contributed by atoms with van der Waals surface area (Å²) in [6.45, 7) is 6.43. The lowest BCUT2D eigenvalue weighted by molar-refractivity contribution is 0.220. The molecule has 22 heavy (non-hydrogen) atoms. The van der Waals surface area contributed by atoms with E-state index in [0.29, 0.717) is 11.7 Å². The lowest BCUT2D eigenvalue weighted by atomic mass is 10.3. The molecule has 1 N–H and O–H groups in total. The van der Waals surface area contributed by atoms with Crippen LogP contribution in [0, 0.1) is 20.8 Å². The maximum Gasteiger partial charge on any atom is 0.323 e. The summed E-state index contributed by atoms with van der Waals surface area (Å²) < 4.78 is 2.06. The molecule has 0 atom stereocenters. The zero-order valence-corrected chi connectivity index (χ0v) is 14.5. The van der Waals surface area contributed by atoms with Crippen LogP contribution < -0.4 is 5.32 Å². The number of hydrogen-bond acceptors (Lipinski definition) is 5. The molecule has 0 fully saturated rings. The van der Waals surface area contributed by atoms with Gasteiger partial charge in [-0.15, -0.1) is 22.7 Å². The lowest BCUT2D eigenvalue weighted by Crippen LogP contribution is -2.31. The van der Waals surface area contributed by atoms with Crippen molar-refractivity contribution < 1.29 is 4.79 Å². The fraction of sp³-hybridized carbons (Fsp3) is 0.357. The summed E-state index contributed by atoms with van der Waals surface area (Å²) in [6.07, 6.45) is 2.06. The Morgan fingerprint density at radius 1 is 1.36 bits per heavy atom. The van der Waals surface area contributed by atoms with Gasteiger partial charge >= 0.3 is 6.03 Å². The van der Waals surface area contributed by atoms with E-state index in [4.69, 9.17) is 0 Å². The first kappa shape index (κ1) is 15.0. The fourth-order valence-corrected chi connectivity index (χ4v) is 3.76. The first-order valence-electron chi connectivity index (χ1n) is 6.82. The van der Waals surface area contributed by atoms with E-state index in [1.165, 1.54) is 16.2 Å². The minimum absolute atomic E-state index is 0.171. The van der Waals surface area contributed by atoms with E-state index in [-0.39, 0.29) is 6.03 Å². The number of urea groups is 1. The molecule has 0 radical (unpaired) electrons. The zero-order chi connectivity index (χ0) is 15.9. The Bertz CT molecular complexity index is 832. The summed E-state index contributed by atoms with van der Waals surface area (Å²) in [5.74, 6) is 0. The normalized spacial score (nSPS) is 11.1. The average Bonchev–Trinajstić information content (AvgIpc) is 3.08. The van der Waals surface area contributed by atoms with Crippen LogP contribution in [0.2, 0.25) is 0 Å². The Hall–Kier alpha value is -1.93. The monoisotopic (exact) mass is 335 g/mol. The predicted molar refractivity (Wildman–Crippen MR) is 89.9 cm³/mol. The molecule has 0 aliphatic heterocycles. The van der Waals surface area contributed by atoms with Gasteiger partial charge in [0.2, 0.25) is 0 Å². The number of hydrogen-bond donors (Lipinski definition) is 1. The Labute approximate surface area is 136 Å². The van der Waals surface area contributed by atoms with E-state index in [9.17, 15) is 4.79 Å². The molecule has 0 saturated heterocycles. The molecule has 0 saturated carbocycles. The highest BCUT2D eigenvalue weighted by Gasteiger charge is 2.17. The molecule has 8 heteroatoms. The number of carbonyl (C=O) groups excluding carboxylic acids is 1. The van der Waals surface area contributed by atoms with Gasteiger partial charge < -0.3 is 4.90 Å².